The SMILES string of the molecule is CCc1ncc(NCCN)c(-c2ccc(OC)cc2)n1. The molecule has 0 aliphatic carbocycles. The minimum absolute atomic E-state index is 0.567. The topological polar surface area (TPSA) is 73.1 Å². The smallest absolute Gasteiger partial charge is 0.128 e. The molecule has 0 radical (unpaired) electrons. The highest BCUT2D eigenvalue weighted by Crippen LogP contribution is 2.27. The van der Waals surface area contributed by atoms with Crippen LogP contribution in [-0.4, -0.2) is 30.2 Å². The van der Waals surface area contributed by atoms with Gasteiger partial charge < -0.3 is 15.8 Å². The van der Waals surface area contributed by atoms with Gasteiger partial charge in [-0.25, -0.2) is 9.97 Å². The molecule has 1 aromatic carbocycles. The van der Waals surface area contributed by atoms with Crippen molar-refractivity contribution in [2.45, 2.75) is 13.3 Å². The van der Waals surface area contributed by atoms with E-state index in [1.54, 1.807) is 7.11 Å². The zero-order chi connectivity index (χ0) is 14.4. The molecule has 1 heterocycles. The van der Waals surface area contributed by atoms with Crippen LogP contribution in [0.1, 0.15) is 12.7 Å². The molecule has 0 spiro atoms. The van der Waals surface area contributed by atoms with Crippen LogP contribution >= 0.6 is 0 Å². The number of nitrogens with zero attached hydrogens (tertiary/aromatic N) is 2. The third-order valence-electron chi connectivity index (χ3n) is 2.98. The molecule has 20 heavy (non-hydrogen) atoms. The Morgan fingerprint density at radius 3 is 2.60 bits per heavy atom. The van der Waals surface area contributed by atoms with Crippen LogP contribution in [0, 0.1) is 0 Å². The van der Waals surface area contributed by atoms with E-state index in [-0.39, 0.29) is 0 Å². The Morgan fingerprint density at radius 1 is 1.25 bits per heavy atom. The predicted octanol–water partition coefficient (Wildman–Crippen LogP) is 2.09. The number of rotatable bonds is 6. The van der Waals surface area contributed by atoms with Gasteiger partial charge in [-0.1, -0.05) is 6.92 Å². The molecule has 2 aromatic rings. The number of aryl methyl sites for hydroxylation is 1. The molecule has 106 valence electrons. The van der Waals surface area contributed by atoms with Crippen molar-refractivity contribution in [2.24, 2.45) is 5.73 Å². The lowest BCUT2D eigenvalue weighted by atomic mass is 10.1. The Kier molecular flexibility index (Phi) is 4.90. The van der Waals surface area contributed by atoms with Crippen LogP contribution in [0.3, 0.4) is 0 Å². The van der Waals surface area contributed by atoms with Crippen LogP contribution in [0.15, 0.2) is 30.5 Å². The quantitative estimate of drug-likeness (QED) is 0.842. The van der Waals surface area contributed by atoms with E-state index in [1.807, 2.05) is 37.4 Å². The van der Waals surface area contributed by atoms with Gasteiger partial charge in [0.15, 0.2) is 0 Å². The zero-order valence-corrected chi connectivity index (χ0v) is 11.9. The van der Waals surface area contributed by atoms with Gasteiger partial charge in [0.25, 0.3) is 0 Å². The Balaban J connectivity index is 2.39. The summed E-state index contributed by atoms with van der Waals surface area (Å²) in [6, 6.07) is 7.84. The van der Waals surface area contributed by atoms with Crippen molar-refractivity contribution in [1.29, 1.82) is 0 Å². The molecule has 1 aromatic heterocycles. The van der Waals surface area contributed by atoms with Crippen molar-refractivity contribution in [3.8, 4) is 17.0 Å². The minimum atomic E-state index is 0.567. The van der Waals surface area contributed by atoms with E-state index in [0.717, 1.165) is 34.9 Å². The fourth-order valence-electron chi connectivity index (χ4n) is 1.89. The second-order valence-corrected chi connectivity index (χ2v) is 4.35. The fraction of sp³-hybridized carbons (Fsp3) is 0.333. The standard InChI is InChI=1S/C15H20N4O/c1-3-14-18-10-13(17-9-8-16)15(19-14)11-4-6-12(20-2)7-5-11/h4-7,10,17H,3,8-9,16H2,1-2H3. The Labute approximate surface area is 119 Å². The number of benzene rings is 1. The monoisotopic (exact) mass is 272 g/mol. The summed E-state index contributed by atoms with van der Waals surface area (Å²) in [6.45, 7) is 3.30. The van der Waals surface area contributed by atoms with E-state index < -0.39 is 0 Å². The highest BCUT2D eigenvalue weighted by Gasteiger charge is 2.09. The number of anilines is 1. The predicted molar refractivity (Wildman–Crippen MR) is 80.9 cm³/mol. The van der Waals surface area contributed by atoms with Crippen molar-refractivity contribution < 1.29 is 4.74 Å². The highest BCUT2D eigenvalue weighted by atomic mass is 16.5. The lowest BCUT2D eigenvalue weighted by Gasteiger charge is -2.12. The van der Waals surface area contributed by atoms with Gasteiger partial charge in [0, 0.05) is 25.1 Å². The molecule has 0 amide bonds. The summed E-state index contributed by atoms with van der Waals surface area (Å²) < 4.78 is 5.18. The first-order valence-corrected chi connectivity index (χ1v) is 6.72. The maximum absolute atomic E-state index is 5.54. The fourth-order valence-corrected chi connectivity index (χ4v) is 1.89. The third-order valence-corrected chi connectivity index (χ3v) is 2.98. The van der Waals surface area contributed by atoms with E-state index in [9.17, 15) is 0 Å². The summed E-state index contributed by atoms with van der Waals surface area (Å²) in [6.07, 6.45) is 2.63. The van der Waals surface area contributed by atoms with Gasteiger partial charge in [-0.3, -0.25) is 0 Å². The van der Waals surface area contributed by atoms with Gasteiger partial charge in [-0.2, -0.15) is 0 Å². The van der Waals surface area contributed by atoms with Crippen molar-refractivity contribution in [2.75, 3.05) is 25.5 Å². The minimum Gasteiger partial charge on any atom is -0.497 e. The maximum Gasteiger partial charge on any atom is 0.128 e. The van der Waals surface area contributed by atoms with Crippen LogP contribution in [0.25, 0.3) is 11.3 Å². The van der Waals surface area contributed by atoms with E-state index in [1.165, 1.54) is 0 Å². The average Bonchev–Trinajstić information content (AvgIpc) is 2.53. The van der Waals surface area contributed by atoms with Crippen molar-refractivity contribution in [3.05, 3.63) is 36.3 Å². The number of methoxy groups -OCH3 is 1. The van der Waals surface area contributed by atoms with Gasteiger partial charge in [0.1, 0.15) is 11.6 Å². The molecular formula is C15H20N4O. The molecule has 2 rings (SSSR count). The second-order valence-electron chi connectivity index (χ2n) is 4.35. The van der Waals surface area contributed by atoms with E-state index in [0.29, 0.717) is 13.1 Å². The Morgan fingerprint density at radius 2 is 2.00 bits per heavy atom. The molecule has 0 saturated heterocycles. The first kappa shape index (κ1) is 14.3. The largest absolute Gasteiger partial charge is 0.497 e. The number of aromatic nitrogens is 2. The summed E-state index contributed by atoms with van der Waals surface area (Å²) >= 11 is 0. The van der Waals surface area contributed by atoms with Crippen molar-refractivity contribution in [3.63, 3.8) is 0 Å². The van der Waals surface area contributed by atoms with Gasteiger partial charge in [-0.15, -0.1) is 0 Å². The molecule has 3 N–H and O–H groups in total. The average molecular weight is 272 g/mol. The Hall–Kier alpha value is -2.14. The normalized spacial score (nSPS) is 10.3. The van der Waals surface area contributed by atoms with Crippen LogP contribution in [0.2, 0.25) is 0 Å². The molecule has 0 unspecified atom stereocenters. The molecule has 5 heteroatoms. The summed E-state index contributed by atoms with van der Waals surface area (Å²) in [4.78, 5) is 8.95. The number of nitrogens with two attached hydrogens (primary N) is 1. The lowest BCUT2D eigenvalue weighted by molar-refractivity contribution is 0.415. The summed E-state index contributed by atoms with van der Waals surface area (Å²) in [5.41, 5.74) is 8.37. The number of hydrogen-bond acceptors (Lipinski definition) is 5. The summed E-state index contributed by atoms with van der Waals surface area (Å²) in [7, 11) is 1.66. The first-order valence-electron chi connectivity index (χ1n) is 6.72. The van der Waals surface area contributed by atoms with Crippen molar-refractivity contribution in [1.82, 2.24) is 9.97 Å². The molecule has 5 nitrogen and oxygen atoms in total. The molecule has 0 aliphatic rings. The molecule has 0 atom stereocenters. The Bertz CT molecular complexity index is 554. The number of ether oxygens (including phenoxy) is 1. The van der Waals surface area contributed by atoms with E-state index >= 15 is 0 Å². The van der Waals surface area contributed by atoms with Crippen LogP contribution < -0.4 is 15.8 Å². The van der Waals surface area contributed by atoms with Crippen LogP contribution in [0.5, 0.6) is 5.75 Å². The van der Waals surface area contributed by atoms with Crippen molar-refractivity contribution >= 4 is 5.69 Å². The highest BCUT2D eigenvalue weighted by molar-refractivity contribution is 5.73. The lowest BCUT2D eigenvalue weighted by Crippen LogP contribution is -2.14. The maximum atomic E-state index is 5.54. The molecular weight excluding hydrogens is 252 g/mol. The van der Waals surface area contributed by atoms with Gasteiger partial charge in [0.2, 0.25) is 0 Å². The van der Waals surface area contributed by atoms with E-state index in [4.69, 9.17) is 10.5 Å². The third kappa shape index (κ3) is 3.24. The van der Waals surface area contributed by atoms with Gasteiger partial charge in [0.05, 0.1) is 24.7 Å². The molecule has 0 bridgehead atoms. The van der Waals surface area contributed by atoms with E-state index in [2.05, 4.69) is 15.3 Å². The summed E-state index contributed by atoms with van der Waals surface area (Å²) in [5, 5.41) is 3.26. The second kappa shape index (κ2) is 6.86. The molecule has 0 aliphatic heterocycles. The van der Waals surface area contributed by atoms with Crippen LogP contribution in [-0.2, 0) is 6.42 Å². The molecule has 0 saturated carbocycles. The zero-order valence-electron chi connectivity index (χ0n) is 11.9. The number of hydrogen-bond donors (Lipinski definition) is 2. The first-order chi connectivity index (χ1) is 9.78. The molecule has 0 fully saturated rings. The summed E-state index contributed by atoms with van der Waals surface area (Å²) in [5.74, 6) is 1.66. The number of nitrogens with one attached hydrogen (secondary N) is 1. The van der Waals surface area contributed by atoms with Crippen LogP contribution in [0.4, 0.5) is 5.69 Å². The van der Waals surface area contributed by atoms with Gasteiger partial charge in [-0.05, 0) is 24.3 Å². The van der Waals surface area contributed by atoms with Gasteiger partial charge >= 0.3 is 0 Å².